The number of carbonyl (C=O) groups excluding carboxylic acids is 1. The number of benzene rings is 1. The van der Waals surface area contributed by atoms with Crippen molar-refractivity contribution in [3.05, 3.63) is 46.8 Å². The number of nitrogens with one attached hydrogen (secondary N) is 1. The summed E-state index contributed by atoms with van der Waals surface area (Å²) in [6.45, 7) is 0.134. The molecule has 1 amide bonds. The molecule has 0 aliphatic carbocycles. The number of aromatic nitrogens is 1. The van der Waals surface area contributed by atoms with Gasteiger partial charge in [0.15, 0.2) is 9.84 Å². The lowest BCUT2D eigenvalue weighted by molar-refractivity contribution is -0.122. The van der Waals surface area contributed by atoms with E-state index in [1.165, 1.54) is 0 Å². The third kappa shape index (κ3) is 3.51. The summed E-state index contributed by atoms with van der Waals surface area (Å²) in [5, 5.41) is 6.47. The van der Waals surface area contributed by atoms with Gasteiger partial charge in [-0.05, 0) is 42.1 Å². The summed E-state index contributed by atoms with van der Waals surface area (Å²) in [5.41, 5.74) is 1.87. The molecule has 5 nitrogen and oxygen atoms in total. The maximum Gasteiger partial charge on any atom is 0.240 e. The summed E-state index contributed by atoms with van der Waals surface area (Å²) >= 11 is 7.71. The summed E-state index contributed by atoms with van der Waals surface area (Å²) in [6, 6.07) is 11.3. The lowest BCUT2D eigenvalue weighted by Crippen LogP contribution is -2.37. The third-order valence-electron chi connectivity index (χ3n) is 4.54. The number of thiophene rings is 1. The second-order valence-corrected chi connectivity index (χ2v) is 10.1. The van der Waals surface area contributed by atoms with E-state index in [0.29, 0.717) is 11.4 Å². The Labute approximate surface area is 160 Å². The molecule has 0 unspecified atom stereocenters. The first-order valence-corrected chi connectivity index (χ1v) is 11.3. The van der Waals surface area contributed by atoms with Gasteiger partial charge in [-0.25, -0.2) is 8.42 Å². The average Bonchev–Trinajstić information content (AvgIpc) is 3.27. The zero-order chi connectivity index (χ0) is 18.3. The smallest absolute Gasteiger partial charge is 0.240 e. The van der Waals surface area contributed by atoms with Crippen molar-refractivity contribution in [3.63, 3.8) is 0 Å². The molecule has 1 atom stereocenters. The Morgan fingerprint density at radius 1 is 1.31 bits per heavy atom. The molecule has 1 fully saturated rings. The fraction of sp³-hybridized carbons (Fsp3) is 0.278. The molecule has 1 N–H and O–H groups in total. The molecule has 3 aromatic rings. The second kappa shape index (κ2) is 6.72. The van der Waals surface area contributed by atoms with Gasteiger partial charge in [-0.1, -0.05) is 17.7 Å². The number of hydrogen-bond acceptors (Lipinski definition) is 4. The maximum absolute atomic E-state index is 12.6. The van der Waals surface area contributed by atoms with Crippen LogP contribution < -0.4 is 5.32 Å². The zero-order valence-electron chi connectivity index (χ0n) is 13.8. The van der Waals surface area contributed by atoms with Gasteiger partial charge in [0.2, 0.25) is 5.91 Å². The fourth-order valence-corrected chi connectivity index (χ4v) is 5.97. The van der Waals surface area contributed by atoms with Crippen molar-refractivity contribution in [2.45, 2.75) is 19.0 Å². The molecule has 1 aliphatic heterocycles. The van der Waals surface area contributed by atoms with Crippen LogP contribution in [0.5, 0.6) is 0 Å². The molecule has 0 spiro atoms. The number of sulfone groups is 1. The quantitative estimate of drug-likeness (QED) is 0.720. The van der Waals surface area contributed by atoms with Crippen molar-refractivity contribution in [1.82, 2.24) is 9.88 Å². The third-order valence-corrected chi connectivity index (χ3v) is 7.43. The van der Waals surface area contributed by atoms with Crippen LogP contribution in [0.3, 0.4) is 0 Å². The van der Waals surface area contributed by atoms with E-state index in [0.717, 1.165) is 21.5 Å². The Hall–Kier alpha value is -1.83. The first-order chi connectivity index (χ1) is 12.4. The predicted octanol–water partition coefficient (Wildman–Crippen LogP) is 3.33. The molecule has 3 heterocycles. The van der Waals surface area contributed by atoms with Gasteiger partial charge < -0.3 is 9.88 Å². The lowest BCUT2D eigenvalue weighted by Gasteiger charge is -2.14. The van der Waals surface area contributed by atoms with Gasteiger partial charge in [0.05, 0.1) is 22.1 Å². The van der Waals surface area contributed by atoms with Crippen molar-refractivity contribution in [2.24, 2.45) is 0 Å². The average molecular weight is 409 g/mol. The summed E-state index contributed by atoms with van der Waals surface area (Å²) in [7, 11) is -3.02. The van der Waals surface area contributed by atoms with E-state index in [4.69, 9.17) is 11.6 Å². The summed E-state index contributed by atoms with van der Waals surface area (Å²) < 4.78 is 25.1. The lowest BCUT2D eigenvalue weighted by atomic mass is 10.2. The highest BCUT2D eigenvalue weighted by Crippen LogP contribution is 2.32. The van der Waals surface area contributed by atoms with Gasteiger partial charge in [0.1, 0.15) is 6.54 Å². The molecule has 0 saturated carbocycles. The summed E-state index contributed by atoms with van der Waals surface area (Å²) in [5.74, 6) is -0.0145. The van der Waals surface area contributed by atoms with Gasteiger partial charge in [0.25, 0.3) is 0 Å². The Balaban J connectivity index is 1.64. The molecule has 8 heteroatoms. The number of hydrogen-bond donors (Lipinski definition) is 1. The maximum atomic E-state index is 12.6. The highest BCUT2D eigenvalue weighted by molar-refractivity contribution is 7.91. The molecular formula is C18H17ClN2O3S2. The normalized spacial score (nSPS) is 19.0. The van der Waals surface area contributed by atoms with E-state index in [2.05, 4.69) is 5.32 Å². The molecule has 26 heavy (non-hydrogen) atoms. The van der Waals surface area contributed by atoms with Crippen LogP contribution in [-0.4, -0.2) is 36.4 Å². The SMILES string of the molecule is O=C(Cn1c(-c2cccs2)cc2cc(Cl)ccc21)N[C@H]1CCS(=O)(=O)C1. The molecule has 0 radical (unpaired) electrons. The Morgan fingerprint density at radius 3 is 2.85 bits per heavy atom. The van der Waals surface area contributed by atoms with Crippen LogP contribution in [0.4, 0.5) is 0 Å². The number of fused-ring (bicyclic) bond motifs is 1. The largest absolute Gasteiger partial charge is 0.351 e. The predicted molar refractivity (Wildman–Crippen MR) is 105 cm³/mol. The molecule has 2 aromatic heterocycles. The van der Waals surface area contributed by atoms with Crippen LogP contribution in [-0.2, 0) is 21.2 Å². The van der Waals surface area contributed by atoms with E-state index < -0.39 is 9.84 Å². The van der Waals surface area contributed by atoms with Gasteiger partial charge in [-0.15, -0.1) is 11.3 Å². The summed E-state index contributed by atoms with van der Waals surface area (Å²) in [6.07, 6.45) is 0.480. The zero-order valence-corrected chi connectivity index (χ0v) is 16.2. The van der Waals surface area contributed by atoms with Crippen molar-refractivity contribution in [2.75, 3.05) is 11.5 Å². The van der Waals surface area contributed by atoms with Gasteiger partial charge in [0, 0.05) is 22.0 Å². The summed E-state index contributed by atoms with van der Waals surface area (Å²) in [4.78, 5) is 13.6. The standard InChI is InChI=1S/C18H17ClN2O3S2/c19-13-3-4-15-12(8-13)9-16(17-2-1-6-25-17)21(15)10-18(22)20-14-5-7-26(23,24)11-14/h1-4,6,8-9,14H,5,7,10-11H2,(H,20,22)/t14-/m0/s1. The molecule has 1 aromatic carbocycles. The van der Waals surface area contributed by atoms with E-state index >= 15 is 0 Å². The monoisotopic (exact) mass is 408 g/mol. The fourth-order valence-electron chi connectivity index (χ4n) is 3.37. The number of amides is 1. The highest BCUT2D eigenvalue weighted by atomic mass is 35.5. The number of rotatable bonds is 4. The Bertz CT molecular complexity index is 1070. The van der Waals surface area contributed by atoms with Crippen molar-refractivity contribution in [3.8, 4) is 10.6 Å². The topological polar surface area (TPSA) is 68.2 Å². The van der Waals surface area contributed by atoms with Crippen LogP contribution in [0.1, 0.15) is 6.42 Å². The molecule has 136 valence electrons. The van der Waals surface area contributed by atoms with Crippen molar-refractivity contribution in [1.29, 1.82) is 0 Å². The number of carbonyl (C=O) groups is 1. The van der Waals surface area contributed by atoms with Crippen LogP contribution in [0.15, 0.2) is 41.8 Å². The highest BCUT2D eigenvalue weighted by Gasteiger charge is 2.29. The number of halogens is 1. The van der Waals surface area contributed by atoms with Crippen molar-refractivity contribution < 1.29 is 13.2 Å². The van der Waals surface area contributed by atoms with Crippen LogP contribution in [0.25, 0.3) is 21.5 Å². The molecule has 4 rings (SSSR count). The van der Waals surface area contributed by atoms with Crippen LogP contribution >= 0.6 is 22.9 Å². The minimum absolute atomic E-state index is 0.0263. The van der Waals surface area contributed by atoms with Gasteiger partial charge in [-0.3, -0.25) is 4.79 Å². The van der Waals surface area contributed by atoms with E-state index in [9.17, 15) is 13.2 Å². The van der Waals surface area contributed by atoms with E-state index in [1.54, 1.807) is 17.4 Å². The first kappa shape index (κ1) is 17.6. The Morgan fingerprint density at radius 2 is 2.15 bits per heavy atom. The van der Waals surface area contributed by atoms with Crippen LogP contribution in [0.2, 0.25) is 5.02 Å². The molecule has 1 aliphatic rings. The van der Waals surface area contributed by atoms with Gasteiger partial charge >= 0.3 is 0 Å². The first-order valence-electron chi connectivity index (χ1n) is 8.24. The molecular weight excluding hydrogens is 392 g/mol. The van der Waals surface area contributed by atoms with E-state index in [1.807, 2.05) is 40.3 Å². The minimum Gasteiger partial charge on any atom is -0.351 e. The Kier molecular flexibility index (Phi) is 4.54. The van der Waals surface area contributed by atoms with Gasteiger partial charge in [-0.2, -0.15) is 0 Å². The minimum atomic E-state index is -3.02. The molecule has 0 bridgehead atoms. The van der Waals surface area contributed by atoms with E-state index in [-0.39, 0.29) is 30.0 Å². The second-order valence-electron chi connectivity index (χ2n) is 6.46. The van der Waals surface area contributed by atoms with Crippen molar-refractivity contribution >= 4 is 49.6 Å². The number of nitrogens with zero attached hydrogens (tertiary/aromatic N) is 1. The molecule has 1 saturated heterocycles. The van der Waals surface area contributed by atoms with Crippen LogP contribution in [0, 0.1) is 0 Å².